The molecule has 0 saturated carbocycles. The van der Waals surface area contributed by atoms with Crippen molar-refractivity contribution in [1.29, 1.82) is 0 Å². The van der Waals surface area contributed by atoms with Crippen molar-refractivity contribution in [2.45, 2.75) is 12.5 Å². The third-order valence-corrected chi connectivity index (χ3v) is 4.70. The molecule has 0 aromatic heterocycles. The highest BCUT2D eigenvalue weighted by atomic mass is 35.5. The number of hydrogen-bond donors (Lipinski definition) is 2. The smallest absolute Gasteiger partial charge is 0.328 e. The van der Waals surface area contributed by atoms with Crippen molar-refractivity contribution in [3.63, 3.8) is 0 Å². The standard InChI is InChI=1S/C18H19ClN2O.C4H4O4/c1-20-12-11-17(13-20)21(16-5-3-2-4-6-16)18(22)14-7-9-15(19)10-8-14;5-3(6)1-2-4(7)8/h2-10,17H,11-13H2,1H3;1-2H,(H,5,6)(H,7,8). The Morgan fingerprint density at radius 3 is 2.03 bits per heavy atom. The number of carbonyl (C=O) groups is 3. The quantitative estimate of drug-likeness (QED) is 0.705. The van der Waals surface area contributed by atoms with Crippen LogP contribution in [0.2, 0.25) is 5.02 Å². The summed E-state index contributed by atoms with van der Waals surface area (Å²) in [6, 6.07) is 17.2. The molecule has 1 atom stereocenters. The number of anilines is 1. The molecule has 158 valence electrons. The van der Waals surface area contributed by atoms with Crippen LogP contribution in [0.15, 0.2) is 66.7 Å². The number of carboxylic acid groups (broad SMARTS) is 2. The van der Waals surface area contributed by atoms with Gasteiger partial charge >= 0.3 is 11.9 Å². The van der Waals surface area contributed by atoms with Crippen LogP contribution in [0, 0.1) is 0 Å². The van der Waals surface area contributed by atoms with Gasteiger partial charge in [-0.1, -0.05) is 29.8 Å². The van der Waals surface area contributed by atoms with Crippen molar-refractivity contribution >= 4 is 35.1 Å². The van der Waals surface area contributed by atoms with Gasteiger partial charge in [-0.3, -0.25) is 4.79 Å². The van der Waals surface area contributed by atoms with E-state index in [1.165, 1.54) is 0 Å². The van der Waals surface area contributed by atoms with Crippen molar-refractivity contribution in [3.8, 4) is 0 Å². The van der Waals surface area contributed by atoms with Crippen LogP contribution in [-0.2, 0) is 9.59 Å². The summed E-state index contributed by atoms with van der Waals surface area (Å²) in [5.41, 5.74) is 1.62. The van der Waals surface area contributed by atoms with Gasteiger partial charge in [-0.05, 0) is 56.4 Å². The Labute approximate surface area is 179 Å². The molecular weight excluding hydrogens is 408 g/mol. The summed E-state index contributed by atoms with van der Waals surface area (Å²) in [5, 5.41) is 16.3. The van der Waals surface area contributed by atoms with E-state index in [1.807, 2.05) is 35.2 Å². The molecule has 2 aromatic rings. The number of carboxylic acids is 2. The number of benzene rings is 2. The Kier molecular flexibility index (Phi) is 8.58. The van der Waals surface area contributed by atoms with Gasteiger partial charge in [0.15, 0.2) is 0 Å². The Hall–Kier alpha value is -3.16. The van der Waals surface area contributed by atoms with Crippen molar-refractivity contribution < 1.29 is 24.6 Å². The van der Waals surface area contributed by atoms with Crippen LogP contribution in [0.1, 0.15) is 16.8 Å². The third-order valence-electron chi connectivity index (χ3n) is 4.44. The number of aliphatic carboxylic acids is 2. The summed E-state index contributed by atoms with van der Waals surface area (Å²) in [7, 11) is 2.09. The average Bonchev–Trinajstić information content (AvgIpc) is 3.14. The zero-order valence-corrected chi connectivity index (χ0v) is 17.2. The van der Waals surface area contributed by atoms with Crippen LogP contribution >= 0.6 is 11.6 Å². The second-order valence-electron chi connectivity index (χ2n) is 6.73. The first kappa shape index (κ1) is 23.1. The monoisotopic (exact) mass is 430 g/mol. The summed E-state index contributed by atoms with van der Waals surface area (Å²) in [6.07, 6.45) is 2.11. The van der Waals surface area contributed by atoms with Crippen molar-refractivity contribution in [1.82, 2.24) is 4.90 Å². The normalized spacial score (nSPS) is 16.0. The number of carbonyl (C=O) groups excluding carboxylic acids is 1. The number of nitrogens with zero attached hydrogens (tertiary/aromatic N) is 2. The van der Waals surface area contributed by atoms with Gasteiger partial charge in [0.25, 0.3) is 5.91 Å². The van der Waals surface area contributed by atoms with E-state index in [4.69, 9.17) is 21.8 Å². The molecule has 0 radical (unpaired) electrons. The van der Waals surface area contributed by atoms with E-state index in [9.17, 15) is 14.4 Å². The SMILES string of the molecule is CN1CCC(N(C(=O)c2ccc(Cl)cc2)c2ccccc2)C1.O=C(O)C=CC(=O)O. The lowest BCUT2D eigenvalue weighted by atomic mass is 10.1. The number of rotatable bonds is 5. The van der Waals surface area contributed by atoms with E-state index >= 15 is 0 Å². The fourth-order valence-corrected chi connectivity index (χ4v) is 3.21. The van der Waals surface area contributed by atoms with Crippen LogP contribution in [-0.4, -0.2) is 59.1 Å². The number of hydrogen-bond acceptors (Lipinski definition) is 4. The Morgan fingerprint density at radius 2 is 1.57 bits per heavy atom. The number of halogens is 1. The average molecular weight is 431 g/mol. The lowest BCUT2D eigenvalue weighted by Gasteiger charge is -2.29. The third kappa shape index (κ3) is 7.02. The molecule has 30 heavy (non-hydrogen) atoms. The van der Waals surface area contributed by atoms with Gasteiger partial charge in [-0.2, -0.15) is 0 Å². The first-order chi connectivity index (χ1) is 14.3. The van der Waals surface area contributed by atoms with Crippen LogP contribution in [0.3, 0.4) is 0 Å². The topological polar surface area (TPSA) is 98.2 Å². The minimum absolute atomic E-state index is 0.0307. The zero-order valence-electron chi connectivity index (χ0n) is 16.4. The molecule has 3 rings (SSSR count). The van der Waals surface area contributed by atoms with E-state index in [2.05, 4.69) is 11.9 Å². The fraction of sp³-hybridized carbons (Fsp3) is 0.227. The van der Waals surface area contributed by atoms with Gasteiger partial charge in [0.2, 0.25) is 0 Å². The van der Waals surface area contributed by atoms with Crippen LogP contribution in [0.25, 0.3) is 0 Å². The van der Waals surface area contributed by atoms with E-state index in [1.54, 1.807) is 24.3 Å². The van der Waals surface area contributed by atoms with Crippen LogP contribution < -0.4 is 4.90 Å². The lowest BCUT2D eigenvalue weighted by molar-refractivity contribution is -0.134. The van der Waals surface area contributed by atoms with Gasteiger partial charge in [-0.25, -0.2) is 9.59 Å². The predicted molar refractivity (Wildman–Crippen MR) is 115 cm³/mol. The van der Waals surface area contributed by atoms with Crippen molar-refractivity contribution in [2.24, 2.45) is 0 Å². The molecule has 8 heteroatoms. The molecule has 1 heterocycles. The minimum Gasteiger partial charge on any atom is -0.478 e. The fourth-order valence-electron chi connectivity index (χ4n) is 3.08. The number of amides is 1. The van der Waals surface area contributed by atoms with E-state index in [0.29, 0.717) is 22.7 Å². The summed E-state index contributed by atoms with van der Waals surface area (Å²) >= 11 is 5.93. The minimum atomic E-state index is -1.26. The van der Waals surface area contributed by atoms with Gasteiger partial charge in [0, 0.05) is 35.0 Å². The predicted octanol–water partition coefficient (Wildman–Crippen LogP) is 3.40. The van der Waals surface area contributed by atoms with Crippen molar-refractivity contribution in [2.75, 3.05) is 25.0 Å². The molecule has 1 unspecified atom stereocenters. The molecule has 0 aliphatic carbocycles. The van der Waals surface area contributed by atoms with Crippen LogP contribution in [0.5, 0.6) is 0 Å². The molecular formula is C22H23ClN2O5. The van der Waals surface area contributed by atoms with Gasteiger partial charge in [0.1, 0.15) is 0 Å². The molecule has 1 amide bonds. The Morgan fingerprint density at radius 1 is 1.00 bits per heavy atom. The Balaban J connectivity index is 0.000000343. The molecule has 0 bridgehead atoms. The molecule has 7 nitrogen and oxygen atoms in total. The zero-order chi connectivity index (χ0) is 22.1. The van der Waals surface area contributed by atoms with Gasteiger partial charge < -0.3 is 20.0 Å². The highest BCUT2D eigenvalue weighted by molar-refractivity contribution is 6.30. The number of para-hydroxylation sites is 1. The molecule has 2 N–H and O–H groups in total. The van der Waals surface area contributed by atoms with Crippen LogP contribution in [0.4, 0.5) is 5.69 Å². The molecule has 1 fully saturated rings. The maximum absolute atomic E-state index is 13.0. The summed E-state index contributed by atoms with van der Waals surface area (Å²) in [5.74, 6) is -2.48. The van der Waals surface area contributed by atoms with E-state index < -0.39 is 11.9 Å². The largest absolute Gasteiger partial charge is 0.478 e. The molecule has 1 aliphatic rings. The van der Waals surface area contributed by atoms with Crippen molar-refractivity contribution in [3.05, 3.63) is 77.3 Å². The highest BCUT2D eigenvalue weighted by Gasteiger charge is 2.30. The number of likely N-dealkylation sites (N-methyl/N-ethyl adjacent to an activating group) is 1. The molecule has 2 aromatic carbocycles. The molecule has 1 saturated heterocycles. The lowest BCUT2D eigenvalue weighted by Crippen LogP contribution is -2.42. The maximum atomic E-state index is 13.0. The number of likely N-dealkylation sites (tertiary alicyclic amines) is 1. The van der Waals surface area contributed by atoms with E-state index in [0.717, 1.165) is 25.2 Å². The molecule has 0 spiro atoms. The Bertz CT molecular complexity index is 884. The van der Waals surface area contributed by atoms with Gasteiger partial charge in [-0.15, -0.1) is 0 Å². The first-order valence-electron chi connectivity index (χ1n) is 9.24. The highest BCUT2D eigenvalue weighted by Crippen LogP contribution is 2.25. The summed E-state index contributed by atoms with van der Waals surface area (Å²) in [4.78, 5) is 36.3. The van der Waals surface area contributed by atoms with Gasteiger partial charge in [0.05, 0.1) is 6.04 Å². The second-order valence-corrected chi connectivity index (χ2v) is 7.17. The summed E-state index contributed by atoms with van der Waals surface area (Å²) < 4.78 is 0. The molecule has 1 aliphatic heterocycles. The summed E-state index contributed by atoms with van der Waals surface area (Å²) in [6.45, 7) is 1.91. The maximum Gasteiger partial charge on any atom is 0.328 e. The first-order valence-corrected chi connectivity index (χ1v) is 9.62. The van der Waals surface area contributed by atoms with E-state index in [-0.39, 0.29) is 11.9 Å². The second kappa shape index (κ2) is 11.1.